The topological polar surface area (TPSA) is 395 Å². The van der Waals surface area contributed by atoms with E-state index in [0.717, 1.165) is 13.8 Å². The number of nitrogens with zero attached hydrogens (tertiary/aromatic N) is 1. The molecule has 0 aliphatic heterocycles. The standard InChI is InChI=1S/C30H52BN7O16/c1-11(41)34-22(24(47)17(43)7-39)13-4-5-14(28(49)50)26(13)53-9-19(45)37-31(3)38-20(46)10-54-27-15(29(51)52)6-16(36-30(32)33)21(27)23(35-12(2)42)25(48)18(44)8-40/h13-18,21-27,39-40,43-44,47-48H,4-10H2,1-3H3,(H,34,41)(H,35,42)(H,37,45)(H,38,46)(H,49,50)(H,51,52)(H4,32,33,36)/t13-,14+,15+,16-,17+,18+,21-,22+,23+,24+,25+,26+,27-/m1/s1. The molecule has 306 valence electrons. The van der Waals surface area contributed by atoms with Crippen molar-refractivity contribution < 1.29 is 79.1 Å². The Kier molecular flexibility index (Phi) is 17.9. The van der Waals surface area contributed by atoms with Crippen LogP contribution < -0.4 is 32.6 Å². The minimum absolute atomic E-state index is 0.0423. The molecule has 24 heteroatoms. The molecule has 0 heterocycles. The van der Waals surface area contributed by atoms with Crippen LogP contribution in [0.15, 0.2) is 4.99 Å². The molecule has 2 fully saturated rings. The lowest BCUT2D eigenvalue weighted by molar-refractivity contribution is -0.151. The van der Waals surface area contributed by atoms with Gasteiger partial charge in [0.1, 0.15) is 37.6 Å². The van der Waals surface area contributed by atoms with Gasteiger partial charge >= 0.3 is 18.9 Å². The number of aliphatic hydroxyl groups is 6. The van der Waals surface area contributed by atoms with E-state index in [1.807, 2.05) is 0 Å². The summed E-state index contributed by atoms with van der Waals surface area (Å²) >= 11 is 0. The Bertz CT molecular complexity index is 1360. The normalized spacial score (nSPS) is 26.9. The van der Waals surface area contributed by atoms with Crippen molar-refractivity contribution in [1.82, 2.24) is 21.1 Å². The number of hydrogen-bond acceptors (Lipinski definition) is 15. The summed E-state index contributed by atoms with van der Waals surface area (Å²) in [6, 6.07) is -3.81. The summed E-state index contributed by atoms with van der Waals surface area (Å²) in [5.41, 5.74) is 11.1. The number of aliphatic hydroxyl groups excluding tert-OH is 6. The zero-order chi connectivity index (χ0) is 41.0. The molecule has 0 bridgehead atoms. The summed E-state index contributed by atoms with van der Waals surface area (Å²) in [5.74, 6) is -10.8. The second kappa shape index (κ2) is 21.1. The fraction of sp³-hybridized carbons (Fsp3) is 0.767. The maximum Gasteiger partial charge on any atom is 0.371 e. The number of guanidine groups is 1. The Morgan fingerprint density at radius 2 is 1.22 bits per heavy atom. The van der Waals surface area contributed by atoms with E-state index >= 15 is 0 Å². The van der Waals surface area contributed by atoms with Crippen LogP contribution >= 0.6 is 0 Å². The molecule has 2 aliphatic carbocycles. The van der Waals surface area contributed by atoms with Crippen molar-refractivity contribution in [1.29, 1.82) is 0 Å². The van der Waals surface area contributed by atoms with Crippen LogP contribution in [0.1, 0.15) is 33.1 Å². The van der Waals surface area contributed by atoms with Crippen molar-refractivity contribution in [3.8, 4) is 0 Å². The predicted octanol–water partition coefficient (Wildman–Crippen LogP) is -6.98. The molecular formula is C30H52BN7O16. The van der Waals surface area contributed by atoms with Gasteiger partial charge in [-0.2, -0.15) is 0 Å². The molecule has 54 heavy (non-hydrogen) atoms. The van der Waals surface area contributed by atoms with Gasteiger partial charge < -0.3 is 82.9 Å². The first kappa shape index (κ1) is 46.0. The van der Waals surface area contributed by atoms with Crippen LogP contribution in [0.2, 0.25) is 6.82 Å². The molecule has 13 atom stereocenters. The summed E-state index contributed by atoms with van der Waals surface area (Å²) in [5, 5.41) is 89.8. The lowest BCUT2D eigenvalue weighted by atomic mass is 9.80. The minimum atomic E-state index is -1.86. The molecule has 23 nitrogen and oxygen atoms in total. The largest absolute Gasteiger partial charge is 0.481 e. The summed E-state index contributed by atoms with van der Waals surface area (Å²) in [6.07, 6.45) is -9.83. The van der Waals surface area contributed by atoms with Gasteiger partial charge in [0.05, 0.1) is 55.4 Å². The maximum absolute atomic E-state index is 12.9. The van der Waals surface area contributed by atoms with E-state index in [-0.39, 0.29) is 19.3 Å². The van der Waals surface area contributed by atoms with Crippen molar-refractivity contribution >= 4 is 48.5 Å². The van der Waals surface area contributed by atoms with Crippen molar-refractivity contribution in [3.05, 3.63) is 0 Å². The number of hydrogen-bond donors (Lipinski definition) is 14. The van der Waals surface area contributed by atoms with E-state index in [9.17, 15) is 69.6 Å². The van der Waals surface area contributed by atoms with E-state index < -0.39 is 153 Å². The quantitative estimate of drug-likeness (QED) is 0.0292. The van der Waals surface area contributed by atoms with Gasteiger partial charge in [0.25, 0.3) is 0 Å². The molecule has 0 unspecified atom stereocenters. The van der Waals surface area contributed by atoms with Crippen molar-refractivity contribution in [2.24, 2.45) is 40.1 Å². The van der Waals surface area contributed by atoms with Crippen LogP contribution in [-0.2, 0) is 38.2 Å². The Balaban J connectivity index is 2.16. The highest BCUT2D eigenvalue weighted by Gasteiger charge is 2.54. The monoisotopic (exact) mass is 777 g/mol. The minimum Gasteiger partial charge on any atom is -0.481 e. The van der Waals surface area contributed by atoms with Gasteiger partial charge in [-0.05, 0) is 26.1 Å². The lowest BCUT2D eigenvalue weighted by Gasteiger charge is -2.36. The van der Waals surface area contributed by atoms with Crippen LogP contribution in [0.4, 0.5) is 0 Å². The van der Waals surface area contributed by atoms with Gasteiger partial charge in [-0.15, -0.1) is 0 Å². The molecule has 2 saturated carbocycles. The highest BCUT2D eigenvalue weighted by atomic mass is 16.5. The third-order valence-corrected chi connectivity index (χ3v) is 9.38. The molecule has 2 aliphatic rings. The highest BCUT2D eigenvalue weighted by Crippen LogP contribution is 2.40. The molecule has 0 saturated heterocycles. The van der Waals surface area contributed by atoms with E-state index in [4.69, 9.17) is 20.9 Å². The third kappa shape index (κ3) is 12.7. The van der Waals surface area contributed by atoms with Gasteiger partial charge in [-0.3, -0.25) is 28.8 Å². The molecule has 0 spiro atoms. The molecule has 2 rings (SSSR count). The SMILES string of the molecule is CB(NC(=O)CO[C@H]1[C@@H]([C@H](NC(C)=O)[C@@H](O)[C@@H](O)CO)CC[C@@H]1C(=O)O)NC(=O)CO[C@H]1[C@@H]([C@H](NC(C)=O)[C@@H](O)[C@@H](O)CO)[C@H](N=C(N)N)C[C@@H]1C(=O)O. The number of nitrogens with two attached hydrogens (primary N) is 2. The van der Waals surface area contributed by atoms with Crippen LogP contribution in [0.3, 0.4) is 0 Å². The number of carbonyl (C=O) groups is 6. The van der Waals surface area contributed by atoms with E-state index in [1.54, 1.807) is 0 Å². The molecule has 0 radical (unpaired) electrons. The van der Waals surface area contributed by atoms with Gasteiger partial charge in [0.15, 0.2) is 5.96 Å². The lowest BCUT2D eigenvalue weighted by Crippen LogP contribution is -2.58. The Morgan fingerprint density at radius 1 is 0.759 bits per heavy atom. The van der Waals surface area contributed by atoms with Crippen molar-refractivity contribution in [3.63, 3.8) is 0 Å². The van der Waals surface area contributed by atoms with E-state index in [1.165, 1.54) is 6.82 Å². The van der Waals surface area contributed by atoms with Crippen LogP contribution in [-0.4, -0.2) is 171 Å². The van der Waals surface area contributed by atoms with Crippen molar-refractivity contribution in [2.75, 3.05) is 26.4 Å². The fourth-order valence-corrected chi connectivity index (χ4v) is 7.13. The second-order valence-electron chi connectivity index (χ2n) is 13.4. The van der Waals surface area contributed by atoms with Gasteiger partial charge in [0.2, 0.25) is 23.6 Å². The smallest absolute Gasteiger partial charge is 0.371 e. The number of aliphatic imine (C=N–C) groups is 1. The molecule has 16 N–H and O–H groups in total. The van der Waals surface area contributed by atoms with Gasteiger partial charge in [0, 0.05) is 25.7 Å². The first-order valence-corrected chi connectivity index (χ1v) is 17.1. The number of nitrogens with one attached hydrogen (secondary N) is 4. The summed E-state index contributed by atoms with van der Waals surface area (Å²) in [6.45, 7) is -0.895. The number of aliphatic carboxylic acids is 2. The van der Waals surface area contributed by atoms with Gasteiger partial charge in [-0.25, -0.2) is 4.99 Å². The van der Waals surface area contributed by atoms with Crippen LogP contribution in [0.5, 0.6) is 0 Å². The summed E-state index contributed by atoms with van der Waals surface area (Å²) < 4.78 is 11.4. The first-order chi connectivity index (χ1) is 25.2. The zero-order valence-electron chi connectivity index (χ0n) is 30.0. The summed E-state index contributed by atoms with van der Waals surface area (Å²) in [7, 11) is 0. The number of carbonyl (C=O) groups excluding carboxylic acids is 4. The average Bonchev–Trinajstić information content (AvgIpc) is 3.67. The third-order valence-electron chi connectivity index (χ3n) is 9.38. The molecular weight excluding hydrogens is 725 g/mol. The van der Waals surface area contributed by atoms with Gasteiger partial charge in [-0.1, -0.05) is 0 Å². The number of amides is 4. The van der Waals surface area contributed by atoms with Crippen molar-refractivity contribution in [2.45, 2.75) is 94.7 Å². The summed E-state index contributed by atoms with van der Waals surface area (Å²) in [4.78, 5) is 78.0. The first-order valence-electron chi connectivity index (χ1n) is 17.1. The highest BCUT2D eigenvalue weighted by molar-refractivity contribution is 6.57. The Hall–Kier alpha value is -4.17. The number of rotatable bonds is 21. The fourth-order valence-electron chi connectivity index (χ4n) is 7.13. The van der Waals surface area contributed by atoms with Crippen LogP contribution in [0, 0.1) is 23.7 Å². The molecule has 4 amide bonds. The number of carboxylic acid groups (broad SMARTS) is 2. The van der Waals surface area contributed by atoms with Crippen LogP contribution in [0.25, 0.3) is 0 Å². The number of ether oxygens (including phenoxy) is 2. The molecule has 0 aromatic heterocycles. The Morgan fingerprint density at radius 3 is 1.67 bits per heavy atom. The van der Waals surface area contributed by atoms with E-state index in [2.05, 4.69) is 26.1 Å². The molecule has 0 aromatic rings. The average molecular weight is 778 g/mol. The predicted molar refractivity (Wildman–Crippen MR) is 183 cm³/mol. The maximum atomic E-state index is 12.9. The Labute approximate surface area is 310 Å². The second-order valence-corrected chi connectivity index (χ2v) is 13.4. The number of carboxylic acids is 2. The van der Waals surface area contributed by atoms with E-state index in [0.29, 0.717) is 0 Å². The zero-order valence-corrected chi connectivity index (χ0v) is 30.0. The molecule has 0 aromatic carbocycles.